The van der Waals surface area contributed by atoms with Gasteiger partial charge in [-0.1, -0.05) is 0 Å². The molecule has 0 amide bonds. The topological polar surface area (TPSA) is 84.7 Å². The molecule has 1 aliphatic carbocycles. The standard InChI is InChI=1S/C26H25F3N6O/c1-35-23(36)15-22(16-8-10-30-11-9-16)34-25(35)32-13-12-31-24-18-4-2-3-5-20(18)33-21-7-6-17(14-19(21)24)26(27,28)29/h6-11,14-15H,2-5,12-13H2,1H3,(H,31,33)(H,32,34). The summed E-state index contributed by atoms with van der Waals surface area (Å²) in [6.07, 6.45) is 2.41. The fraction of sp³-hybridized carbons (Fsp3) is 0.308. The van der Waals surface area contributed by atoms with Gasteiger partial charge >= 0.3 is 6.18 Å². The van der Waals surface area contributed by atoms with Gasteiger partial charge in [-0.15, -0.1) is 0 Å². The number of alkyl halides is 3. The Kier molecular flexibility index (Phi) is 6.34. The molecular weight excluding hydrogens is 469 g/mol. The molecule has 4 aromatic rings. The fourth-order valence-corrected chi connectivity index (χ4v) is 4.53. The third-order valence-corrected chi connectivity index (χ3v) is 6.41. The number of aryl methyl sites for hydroxylation is 1. The van der Waals surface area contributed by atoms with Crippen molar-refractivity contribution in [3.63, 3.8) is 0 Å². The first-order chi connectivity index (χ1) is 17.3. The summed E-state index contributed by atoms with van der Waals surface area (Å²) in [5.41, 5.74) is 3.59. The maximum atomic E-state index is 13.4. The van der Waals surface area contributed by atoms with Gasteiger partial charge in [-0.25, -0.2) is 4.98 Å². The summed E-state index contributed by atoms with van der Waals surface area (Å²) < 4.78 is 41.7. The number of nitrogens with zero attached hydrogens (tertiary/aromatic N) is 4. The van der Waals surface area contributed by atoms with E-state index in [4.69, 9.17) is 0 Å². The molecule has 0 unspecified atom stereocenters. The predicted molar refractivity (Wildman–Crippen MR) is 133 cm³/mol. The molecular formula is C26H25F3N6O. The third-order valence-electron chi connectivity index (χ3n) is 6.41. The van der Waals surface area contributed by atoms with Crippen molar-refractivity contribution in [2.24, 2.45) is 7.05 Å². The van der Waals surface area contributed by atoms with E-state index in [1.54, 1.807) is 31.6 Å². The maximum absolute atomic E-state index is 13.4. The van der Waals surface area contributed by atoms with Crippen molar-refractivity contribution in [2.75, 3.05) is 23.7 Å². The van der Waals surface area contributed by atoms with Crippen LogP contribution in [0.15, 0.2) is 53.6 Å². The molecule has 10 heteroatoms. The number of halogens is 3. The molecule has 1 aliphatic rings. The van der Waals surface area contributed by atoms with Gasteiger partial charge in [0, 0.05) is 60.9 Å². The average Bonchev–Trinajstić information content (AvgIpc) is 2.87. The zero-order chi connectivity index (χ0) is 25.3. The van der Waals surface area contributed by atoms with E-state index in [1.165, 1.54) is 22.8 Å². The highest BCUT2D eigenvalue weighted by molar-refractivity contribution is 5.94. The largest absolute Gasteiger partial charge is 0.416 e. The molecule has 3 aromatic heterocycles. The van der Waals surface area contributed by atoms with Crippen LogP contribution in [-0.4, -0.2) is 32.6 Å². The van der Waals surface area contributed by atoms with Crippen molar-refractivity contribution < 1.29 is 13.2 Å². The third kappa shape index (κ3) is 4.75. The van der Waals surface area contributed by atoms with Gasteiger partial charge in [0.05, 0.1) is 16.8 Å². The summed E-state index contributed by atoms with van der Waals surface area (Å²) in [4.78, 5) is 25.7. The molecule has 0 aliphatic heterocycles. The van der Waals surface area contributed by atoms with Gasteiger partial charge in [0.1, 0.15) is 0 Å². The second-order valence-electron chi connectivity index (χ2n) is 8.80. The molecule has 2 N–H and O–H groups in total. The van der Waals surface area contributed by atoms with Crippen LogP contribution in [0.25, 0.3) is 22.2 Å². The van der Waals surface area contributed by atoms with Crippen molar-refractivity contribution >= 4 is 22.5 Å². The van der Waals surface area contributed by atoms with Crippen molar-refractivity contribution in [2.45, 2.75) is 31.9 Å². The second kappa shape index (κ2) is 9.60. The summed E-state index contributed by atoms with van der Waals surface area (Å²) in [6.45, 7) is 0.814. The lowest BCUT2D eigenvalue weighted by atomic mass is 9.92. The van der Waals surface area contributed by atoms with Crippen LogP contribution >= 0.6 is 0 Å². The first kappa shape index (κ1) is 23.8. The van der Waals surface area contributed by atoms with E-state index in [2.05, 4.69) is 25.6 Å². The predicted octanol–water partition coefficient (Wildman–Crippen LogP) is 4.81. The Morgan fingerprint density at radius 1 is 0.972 bits per heavy atom. The molecule has 0 radical (unpaired) electrons. The molecule has 7 nitrogen and oxygen atoms in total. The molecule has 5 rings (SSSR count). The lowest BCUT2D eigenvalue weighted by molar-refractivity contribution is -0.137. The minimum Gasteiger partial charge on any atom is -0.382 e. The van der Waals surface area contributed by atoms with Crippen LogP contribution in [0.4, 0.5) is 24.8 Å². The monoisotopic (exact) mass is 494 g/mol. The van der Waals surface area contributed by atoms with Crippen LogP contribution in [0.2, 0.25) is 0 Å². The highest BCUT2D eigenvalue weighted by atomic mass is 19.4. The molecule has 0 bridgehead atoms. The van der Waals surface area contributed by atoms with Crippen molar-refractivity contribution in [1.29, 1.82) is 0 Å². The van der Waals surface area contributed by atoms with Crippen LogP contribution in [0.1, 0.15) is 29.7 Å². The number of aromatic nitrogens is 4. The molecule has 186 valence electrons. The number of fused-ring (bicyclic) bond motifs is 2. The molecule has 1 aromatic carbocycles. The number of hydrogen-bond acceptors (Lipinski definition) is 6. The molecule has 0 saturated heterocycles. The van der Waals surface area contributed by atoms with E-state index >= 15 is 0 Å². The number of rotatable bonds is 6. The summed E-state index contributed by atoms with van der Waals surface area (Å²) >= 11 is 0. The minimum absolute atomic E-state index is 0.207. The number of pyridine rings is 2. The van der Waals surface area contributed by atoms with Crippen molar-refractivity contribution in [3.05, 3.63) is 76.0 Å². The van der Waals surface area contributed by atoms with Gasteiger partial charge in [-0.05, 0) is 61.6 Å². The molecule has 0 fully saturated rings. The first-order valence-corrected chi connectivity index (χ1v) is 11.8. The average molecular weight is 495 g/mol. The Labute approximate surface area is 205 Å². The highest BCUT2D eigenvalue weighted by Gasteiger charge is 2.31. The summed E-state index contributed by atoms with van der Waals surface area (Å²) in [5.74, 6) is 0.400. The highest BCUT2D eigenvalue weighted by Crippen LogP contribution is 2.37. The molecule has 0 atom stereocenters. The van der Waals surface area contributed by atoms with Gasteiger partial charge < -0.3 is 10.6 Å². The number of benzene rings is 1. The quantitative estimate of drug-likeness (QED) is 0.374. The van der Waals surface area contributed by atoms with E-state index in [9.17, 15) is 18.0 Å². The number of anilines is 2. The lowest BCUT2D eigenvalue weighted by Gasteiger charge is -2.22. The van der Waals surface area contributed by atoms with Crippen LogP contribution in [-0.2, 0) is 26.1 Å². The first-order valence-electron chi connectivity index (χ1n) is 11.8. The Morgan fingerprint density at radius 2 is 1.72 bits per heavy atom. The molecule has 36 heavy (non-hydrogen) atoms. The molecule has 0 spiro atoms. The zero-order valence-electron chi connectivity index (χ0n) is 19.7. The van der Waals surface area contributed by atoms with E-state index in [0.717, 1.165) is 48.6 Å². The SMILES string of the molecule is Cn1c(NCCNc2c3c(nc4ccc(C(F)(F)F)cc24)CCCC3)nc(-c2ccncc2)cc1=O. The van der Waals surface area contributed by atoms with E-state index in [0.29, 0.717) is 41.3 Å². The smallest absolute Gasteiger partial charge is 0.382 e. The van der Waals surface area contributed by atoms with Gasteiger partial charge in [-0.2, -0.15) is 13.2 Å². The lowest BCUT2D eigenvalue weighted by Crippen LogP contribution is -2.24. The van der Waals surface area contributed by atoms with E-state index in [1.807, 2.05) is 0 Å². The van der Waals surface area contributed by atoms with Gasteiger partial charge in [0.25, 0.3) is 5.56 Å². The van der Waals surface area contributed by atoms with Crippen LogP contribution in [0.3, 0.4) is 0 Å². The second-order valence-corrected chi connectivity index (χ2v) is 8.80. The van der Waals surface area contributed by atoms with Gasteiger partial charge in [0.15, 0.2) is 0 Å². The maximum Gasteiger partial charge on any atom is 0.416 e. The number of nitrogens with one attached hydrogen (secondary N) is 2. The van der Waals surface area contributed by atoms with Crippen molar-refractivity contribution in [3.8, 4) is 11.3 Å². The van der Waals surface area contributed by atoms with E-state index in [-0.39, 0.29) is 5.56 Å². The minimum atomic E-state index is -4.43. The Balaban J connectivity index is 1.40. The molecule has 3 heterocycles. The van der Waals surface area contributed by atoms with Gasteiger partial charge in [0.2, 0.25) is 5.95 Å². The Morgan fingerprint density at radius 3 is 2.50 bits per heavy atom. The number of hydrogen-bond donors (Lipinski definition) is 2. The summed E-state index contributed by atoms with van der Waals surface area (Å²) in [5, 5.41) is 7.00. The summed E-state index contributed by atoms with van der Waals surface area (Å²) in [7, 11) is 1.63. The van der Waals surface area contributed by atoms with Crippen LogP contribution < -0.4 is 16.2 Å². The van der Waals surface area contributed by atoms with Crippen LogP contribution in [0.5, 0.6) is 0 Å². The Bertz CT molecular complexity index is 1470. The van der Waals surface area contributed by atoms with E-state index < -0.39 is 11.7 Å². The van der Waals surface area contributed by atoms with Gasteiger partial charge in [-0.3, -0.25) is 19.3 Å². The zero-order valence-corrected chi connectivity index (χ0v) is 19.7. The van der Waals surface area contributed by atoms with Crippen molar-refractivity contribution in [1.82, 2.24) is 19.5 Å². The molecule has 0 saturated carbocycles. The van der Waals surface area contributed by atoms with Crippen LogP contribution in [0, 0.1) is 0 Å². The fourth-order valence-electron chi connectivity index (χ4n) is 4.53. The normalized spacial score (nSPS) is 13.4. The Hall–Kier alpha value is -3.95. The summed E-state index contributed by atoms with van der Waals surface area (Å²) in [6, 6.07) is 8.72.